The zero-order valence-electron chi connectivity index (χ0n) is 9.04. The van der Waals surface area contributed by atoms with Crippen molar-refractivity contribution in [2.75, 3.05) is 0 Å². The molecular weight excluding hydrogens is 210 g/mol. The standard InChI is InChI=1S/C14H9N3/c1-3-10-7-14(8-12(10)15-5-1)9-17-13-11(14)4-2-6-16-13/h1-9H. The maximum Gasteiger partial charge on any atom is 0.156 e. The van der Waals surface area contributed by atoms with E-state index in [0.717, 1.165) is 21.9 Å². The Labute approximate surface area is 97.9 Å². The molecule has 2 aromatic heterocycles. The Hall–Kier alpha value is -2.29. The van der Waals surface area contributed by atoms with Crippen LogP contribution in [0.3, 0.4) is 0 Å². The first-order valence-electron chi connectivity index (χ1n) is 5.55. The maximum atomic E-state index is 4.39. The smallest absolute Gasteiger partial charge is 0.156 e. The predicted octanol–water partition coefficient (Wildman–Crippen LogP) is 0.705. The Bertz CT molecular complexity index is 724. The topological polar surface area (TPSA) is 38.1 Å². The number of nitrogens with zero attached hydrogens (tertiary/aromatic N) is 3. The predicted molar refractivity (Wildman–Crippen MR) is 66.5 cm³/mol. The van der Waals surface area contributed by atoms with Crippen molar-refractivity contribution < 1.29 is 0 Å². The molecule has 3 heterocycles. The van der Waals surface area contributed by atoms with Gasteiger partial charge in [-0.3, -0.25) is 4.98 Å². The minimum Gasteiger partial charge on any atom is -0.257 e. The SMILES string of the molecule is C1=Nc2ncccc2C12C=c1cccnc1=C2. The van der Waals surface area contributed by atoms with Crippen LogP contribution in [0, 0.1) is 0 Å². The Kier molecular flexibility index (Phi) is 1.50. The lowest BCUT2D eigenvalue weighted by Gasteiger charge is -2.15. The molecule has 80 valence electrons. The zero-order valence-corrected chi connectivity index (χ0v) is 9.04. The summed E-state index contributed by atoms with van der Waals surface area (Å²) in [6, 6.07) is 8.07. The number of aromatic nitrogens is 2. The fourth-order valence-corrected chi connectivity index (χ4v) is 2.50. The third-order valence-electron chi connectivity index (χ3n) is 3.29. The second-order valence-corrected chi connectivity index (χ2v) is 4.33. The van der Waals surface area contributed by atoms with E-state index >= 15 is 0 Å². The molecule has 0 aromatic carbocycles. The Balaban J connectivity index is 2.06. The lowest BCUT2D eigenvalue weighted by Crippen LogP contribution is -2.23. The van der Waals surface area contributed by atoms with Crippen molar-refractivity contribution in [3.63, 3.8) is 0 Å². The van der Waals surface area contributed by atoms with E-state index in [9.17, 15) is 0 Å². The first-order chi connectivity index (χ1) is 8.37. The van der Waals surface area contributed by atoms with Gasteiger partial charge in [-0.25, -0.2) is 9.98 Å². The van der Waals surface area contributed by atoms with Gasteiger partial charge in [0.05, 0.1) is 10.8 Å². The van der Waals surface area contributed by atoms with E-state index in [4.69, 9.17) is 0 Å². The molecule has 17 heavy (non-hydrogen) atoms. The molecular formula is C14H9N3. The molecule has 0 bridgehead atoms. The number of aliphatic imine (C=N–C) groups is 1. The fourth-order valence-electron chi connectivity index (χ4n) is 2.50. The molecule has 0 radical (unpaired) electrons. The molecule has 0 saturated heterocycles. The van der Waals surface area contributed by atoms with Crippen molar-refractivity contribution in [1.29, 1.82) is 0 Å². The van der Waals surface area contributed by atoms with Gasteiger partial charge in [0.1, 0.15) is 0 Å². The second kappa shape index (κ2) is 2.88. The van der Waals surface area contributed by atoms with Crippen LogP contribution in [-0.4, -0.2) is 16.2 Å². The summed E-state index contributed by atoms with van der Waals surface area (Å²) >= 11 is 0. The highest BCUT2D eigenvalue weighted by atomic mass is 14.9. The highest BCUT2D eigenvalue weighted by Crippen LogP contribution is 2.38. The van der Waals surface area contributed by atoms with Gasteiger partial charge in [0.25, 0.3) is 0 Å². The summed E-state index contributed by atoms with van der Waals surface area (Å²) in [7, 11) is 0. The largest absolute Gasteiger partial charge is 0.257 e. The van der Waals surface area contributed by atoms with Crippen LogP contribution in [-0.2, 0) is 5.41 Å². The Morgan fingerprint density at radius 2 is 1.82 bits per heavy atom. The summed E-state index contributed by atoms with van der Waals surface area (Å²) < 4.78 is 0. The first-order valence-corrected chi connectivity index (χ1v) is 5.55. The van der Waals surface area contributed by atoms with Crippen molar-refractivity contribution in [3.05, 3.63) is 52.8 Å². The van der Waals surface area contributed by atoms with Crippen molar-refractivity contribution in [1.82, 2.24) is 9.97 Å². The van der Waals surface area contributed by atoms with Crippen LogP contribution in [0.4, 0.5) is 5.82 Å². The van der Waals surface area contributed by atoms with E-state index in [-0.39, 0.29) is 5.41 Å². The van der Waals surface area contributed by atoms with Gasteiger partial charge in [0.2, 0.25) is 0 Å². The Morgan fingerprint density at radius 1 is 0.941 bits per heavy atom. The molecule has 0 amide bonds. The molecule has 1 aliphatic carbocycles. The number of hydrogen-bond acceptors (Lipinski definition) is 3. The molecule has 1 atom stereocenters. The van der Waals surface area contributed by atoms with E-state index in [1.54, 1.807) is 6.20 Å². The molecule has 2 aliphatic rings. The molecule has 0 saturated carbocycles. The van der Waals surface area contributed by atoms with Crippen LogP contribution in [0.5, 0.6) is 0 Å². The molecule has 1 aliphatic heterocycles. The van der Waals surface area contributed by atoms with Crippen LogP contribution >= 0.6 is 0 Å². The first kappa shape index (κ1) is 8.82. The summed E-state index contributed by atoms with van der Waals surface area (Å²) in [6.45, 7) is 0. The van der Waals surface area contributed by atoms with E-state index < -0.39 is 0 Å². The van der Waals surface area contributed by atoms with Gasteiger partial charge in [-0.05, 0) is 23.4 Å². The monoisotopic (exact) mass is 219 g/mol. The number of hydrogen-bond donors (Lipinski definition) is 0. The number of fused-ring (bicyclic) bond motifs is 3. The summed E-state index contributed by atoms with van der Waals surface area (Å²) in [5, 5.41) is 2.19. The molecule has 1 spiro atoms. The molecule has 4 rings (SSSR count). The molecule has 3 heteroatoms. The highest BCUT2D eigenvalue weighted by Gasteiger charge is 2.35. The van der Waals surface area contributed by atoms with Crippen molar-refractivity contribution in [2.24, 2.45) is 4.99 Å². The zero-order chi connectivity index (χ0) is 11.3. The molecule has 2 aromatic rings. The van der Waals surface area contributed by atoms with Crippen LogP contribution in [0.25, 0.3) is 12.2 Å². The summed E-state index contributed by atoms with van der Waals surface area (Å²) in [4.78, 5) is 13.1. The molecule has 0 fully saturated rings. The van der Waals surface area contributed by atoms with E-state index in [2.05, 4.69) is 39.2 Å². The average Bonchev–Trinajstić information content (AvgIpc) is 2.92. The van der Waals surface area contributed by atoms with Gasteiger partial charge in [-0.1, -0.05) is 18.2 Å². The van der Waals surface area contributed by atoms with Crippen LogP contribution in [0.15, 0.2) is 41.7 Å². The van der Waals surface area contributed by atoms with Gasteiger partial charge in [-0.2, -0.15) is 0 Å². The van der Waals surface area contributed by atoms with Crippen molar-refractivity contribution in [3.8, 4) is 0 Å². The quantitative estimate of drug-likeness (QED) is 0.654. The minimum atomic E-state index is -0.236. The van der Waals surface area contributed by atoms with Crippen LogP contribution in [0.1, 0.15) is 5.56 Å². The average molecular weight is 219 g/mol. The normalized spacial score (nSPS) is 23.1. The molecule has 0 N–H and O–H groups in total. The van der Waals surface area contributed by atoms with Gasteiger partial charge < -0.3 is 0 Å². The van der Waals surface area contributed by atoms with E-state index in [1.165, 1.54) is 0 Å². The van der Waals surface area contributed by atoms with E-state index in [0.29, 0.717) is 0 Å². The highest BCUT2D eigenvalue weighted by molar-refractivity contribution is 5.99. The minimum absolute atomic E-state index is 0.236. The second-order valence-electron chi connectivity index (χ2n) is 4.33. The van der Waals surface area contributed by atoms with E-state index in [1.807, 2.05) is 24.5 Å². The Morgan fingerprint density at radius 3 is 2.76 bits per heavy atom. The summed E-state index contributed by atoms with van der Waals surface area (Å²) in [6.07, 6.45) is 9.89. The maximum absolute atomic E-state index is 4.39. The van der Waals surface area contributed by atoms with Crippen LogP contribution in [0.2, 0.25) is 0 Å². The number of rotatable bonds is 0. The fraction of sp³-hybridized carbons (Fsp3) is 0.0714. The van der Waals surface area contributed by atoms with Gasteiger partial charge in [-0.15, -0.1) is 0 Å². The van der Waals surface area contributed by atoms with Crippen molar-refractivity contribution >= 4 is 24.2 Å². The lowest BCUT2D eigenvalue weighted by molar-refractivity contribution is 1.08. The van der Waals surface area contributed by atoms with Gasteiger partial charge >= 0.3 is 0 Å². The third kappa shape index (κ3) is 1.08. The summed E-state index contributed by atoms with van der Waals surface area (Å²) in [5.74, 6) is 0.813. The molecule has 1 unspecified atom stereocenters. The van der Waals surface area contributed by atoms with Crippen LogP contribution < -0.4 is 10.6 Å². The lowest BCUT2D eigenvalue weighted by atomic mass is 9.85. The van der Waals surface area contributed by atoms with Gasteiger partial charge in [0.15, 0.2) is 5.82 Å². The molecule has 3 nitrogen and oxygen atoms in total. The van der Waals surface area contributed by atoms with Crippen molar-refractivity contribution in [2.45, 2.75) is 5.41 Å². The number of pyridine rings is 2. The summed E-state index contributed by atoms with van der Waals surface area (Å²) in [5.41, 5.74) is 0.901. The van der Waals surface area contributed by atoms with Gasteiger partial charge in [0, 0.05) is 24.2 Å². The third-order valence-corrected chi connectivity index (χ3v) is 3.29.